The van der Waals surface area contributed by atoms with Crippen molar-refractivity contribution in [2.75, 3.05) is 13.7 Å². The minimum Gasteiger partial charge on any atom is -0.497 e. The summed E-state index contributed by atoms with van der Waals surface area (Å²) < 4.78 is 16.8. The topological polar surface area (TPSA) is 90.7 Å². The number of rotatable bonds is 4. The lowest BCUT2D eigenvalue weighted by Gasteiger charge is -2.30. The summed E-state index contributed by atoms with van der Waals surface area (Å²) in [6.07, 6.45) is -1.21. The van der Waals surface area contributed by atoms with Gasteiger partial charge in [-0.25, -0.2) is 5.43 Å². The van der Waals surface area contributed by atoms with Crippen molar-refractivity contribution in [1.29, 1.82) is 0 Å². The number of carbonyl (C=O) groups is 1. The molecule has 2 bridgehead atoms. The Morgan fingerprint density at radius 1 is 1.17 bits per heavy atom. The molecule has 2 aromatic carbocycles. The molecular weight excluding hydrogens is 374 g/mol. The molecule has 2 aromatic rings. The lowest BCUT2D eigenvalue weighted by molar-refractivity contribution is -0.0812. The summed E-state index contributed by atoms with van der Waals surface area (Å²) >= 11 is 0. The number of fused-ring (bicyclic) bond motifs is 4. The fourth-order valence-corrected chi connectivity index (χ4v) is 3.76. The maximum Gasteiger partial charge on any atom is 0.271 e. The molecule has 1 amide bonds. The SMILES string of the molecule is COc1ccc(C2=NO[C@@H]3[C@@H]4CO[C@@H](O4)/C(=N/NC(=O)c4ccccc4)[C@H]23)cc1. The van der Waals surface area contributed by atoms with Gasteiger partial charge >= 0.3 is 0 Å². The summed E-state index contributed by atoms with van der Waals surface area (Å²) in [5, 5.41) is 8.68. The van der Waals surface area contributed by atoms with Crippen LogP contribution in [0.1, 0.15) is 15.9 Å². The average Bonchev–Trinajstić information content (AvgIpc) is 3.40. The van der Waals surface area contributed by atoms with Gasteiger partial charge in [0.25, 0.3) is 5.91 Å². The Labute approximate surface area is 167 Å². The third-order valence-electron chi connectivity index (χ3n) is 5.24. The molecule has 0 saturated carbocycles. The molecule has 2 fully saturated rings. The molecule has 8 heteroatoms. The number of oxime groups is 1. The van der Waals surface area contributed by atoms with E-state index in [1.165, 1.54) is 0 Å². The number of benzene rings is 2. The Morgan fingerprint density at radius 2 is 1.97 bits per heavy atom. The number of hydrogen-bond acceptors (Lipinski definition) is 7. The van der Waals surface area contributed by atoms with E-state index in [1.54, 1.807) is 31.4 Å². The maximum atomic E-state index is 12.4. The van der Waals surface area contributed by atoms with Crippen molar-refractivity contribution < 1.29 is 23.8 Å². The Balaban J connectivity index is 1.44. The van der Waals surface area contributed by atoms with Gasteiger partial charge in [0.15, 0.2) is 12.4 Å². The third-order valence-corrected chi connectivity index (χ3v) is 5.24. The van der Waals surface area contributed by atoms with Crippen LogP contribution in [-0.2, 0) is 14.3 Å². The van der Waals surface area contributed by atoms with Gasteiger partial charge in [-0.3, -0.25) is 4.79 Å². The van der Waals surface area contributed by atoms with Crippen molar-refractivity contribution >= 4 is 17.3 Å². The summed E-state index contributed by atoms with van der Waals surface area (Å²) in [5.41, 5.74) is 5.29. The molecule has 8 nitrogen and oxygen atoms in total. The minimum absolute atomic E-state index is 0.228. The molecule has 4 atom stereocenters. The zero-order chi connectivity index (χ0) is 19.8. The summed E-state index contributed by atoms with van der Waals surface area (Å²) in [6, 6.07) is 16.5. The monoisotopic (exact) mass is 393 g/mol. The first kappa shape index (κ1) is 17.8. The Bertz CT molecular complexity index is 974. The standard InChI is InChI=1S/C21H19N3O5/c1-26-14-9-7-12(8-10-14)17-16-18(21-27-11-15(28-21)19(16)29-24-17)22-23-20(25)13-5-3-2-4-6-13/h2-10,15-16,19,21H,11H2,1H3,(H,23,25)/b22-18+/t15-,16-,19+,21-/m0/s1. The number of ether oxygens (including phenoxy) is 3. The van der Waals surface area contributed by atoms with Gasteiger partial charge in [-0.05, 0) is 36.4 Å². The molecule has 3 heterocycles. The Morgan fingerprint density at radius 3 is 2.72 bits per heavy atom. The normalized spacial score (nSPS) is 28.4. The zero-order valence-corrected chi connectivity index (χ0v) is 15.6. The summed E-state index contributed by atoms with van der Waals surface area (Å²) in [5.74, 6) is 0.173. The first-order valence-corrected chi connectivity index (χ1v) is 9.32. The van der Waals surface area contributed by atoms with E-state index < -0.39 is 6.29 Å². The summed E-state index contributed by atoms with van der Waals surface area (Å²) in [6.45, 7) is 0.392. The molecule has 2 saturated heterocycles. The first-order chi connectivity index (χ1) is 14.2. The van der Waals surface area contributed by atoms with E-state index in [1.807, 2.05) is 30.3 Å². The van der Waals surface area contributed by atoms with E-state index in [0.29, 0.717) is 17.9 Å². The van der Waals surface area contributed by atoms with Crippen molar-refractivity contribution in [3.8, 4) is 5.75 Å². The first-order valence-electron chi connectivity index (χ1n) is 9.32. The number of carbonyl (C=O) groups excluding carboxylic acids is 1. The van der Waals surface area contributed by atoms with E-state index in [0.717, 1.165) is 17.0 Å². The fourth-order valence-electron chi connectivity index (χ4n) is 3.76. The van der Waals surface area contributed by atoms with Crippen LogP contribution in [0.5, 0.6) is 5.75 Å². The number of methoxy groups -OCH3 is 1. The number of nitrogens with one attached hydrogen (secondary N) is 1. The van der Waals surface area contributed by atoms with Gasteiger partial charge in [-0.2, -0.15) is 5.10 Å². The van der Waals surface area contributed by atoms with Gasteiger partial charge in [0.2, 0.25) is 0 Å². The second-order valence-corrected chi connectivity index (χ2v) is 6.94. The highest BCUT2D eigenvalue weighted by atomic mass is 16.7. The largest absolute Gasteiger partial charge is 0.497 e. The molecule has 0 aliphatic carbocycles. The maximum absolute atomic E-state index is 12.4. The lowest BCUT2D eigenvalue weighted by Crippen LogP contribution is -2.49. The van der Waals surface area contributed by atoms with E-state index in [-0.39, 0.29) is 24.0 Å². The van der Waals surface area contributed by atoms with Gasteiger partial charge < -0.3 is 19.0 Å². The molecular formula is C21H19N3O5. The van der Waals surface area contributed by atoms with Crippen molar-refractivity contribution in [3.63, 3.8) is 0 Å². The predicted octanol–water partition coefficient (Wildman–Crippen LogP) is 1.96. The lowest BCUT2D eigenvalue weighted by atomic mass is 9.84. The van der Waals surface area contributed by atoms with E-state index in [4.69, 9.17) is 19.0 Å². The molecule has 0 aromatic heterocycles. The molecule has 3 aliphatic rings. The van der Waals surface area contributed by atoms with Crippen LogP contribution >= 0.6 is 0 Å². The van der Waals surface area contributed by atoms with Gasteiger partial charge in [0.1, 0.15) is 17.6 Å². The van der Waals surface area contributed by atoms with Gasteiger partial charge in [-0.15, -0.1) is 0 Å². The van der Waals surface area contributed by atoms with Crippen molar-refractivity contribution in [2.24, 2.45) is 16.2 Å². The van der Waals surface area contributed by atoms with Crippen LogP contribution in [0.2, 0.25) is 0 Å². The van der Waals surface area contributed by atoms with E-state index >= 15 is 0 Å². The highest BCUT2D eigenvalue weighted by molar-refractivity contribution is 6.17. The van der Waals surface area contributed by atoms with Crippen LogP contribution in [0.4, 0.5) is 0 Å². The van der Waals surface area contributed by atoms with Crippen LogP contribution in [-0.4, -0.2) is 49.5 Å². The molecule has 0 radical (unpaired) electrons. The molecule has 0 spiro atoms. The van der Waals surface area contributed by atoms with Crippen LogP contribution < -0.4 is 10.2 Å². The van der Waals surface area contributed by atoms with Crippen LogP contribution in [0.3, 0.4) is 0 Å². The Hall–Kier alpha value is -3.23. The third kappa shape index (κ3) is 3.16. The van der Waals surface area contributed by atoms with Gasteiger partial charge in [-0.1, -0.05) is 23.4 Å². The van der Waals surface area contributed by atoms with Crippen LogP contribution in [0.15, 0.2) is 64.9 Å². The van der Waals surface area contributed by atoms with Crippen molar-refractivity contribution in [3.05, 3.63) is 65.7 Å². The second-order valence-electron chi connectivity index (χ2n) is 6.94. The summed E-state index contributed by atoms with van der Waals surface area (Å²) in [7, 11) is 1.62. The average molecular weight is 393 g/mol. The van der Waals surface area contributed by atoms with Crippen molar-refractivity contribution in [2.45, 2.75) is 18.5 Å². The van der Waals surface area contributed by atoms with Crippen molar-refractivity contribution in [1.82, 2.24) is 5.43 Å². The van der Waals surface area contributed by atoms with Crippen LogP contribution in [0.25, 0.3) is 0 Å². The highest BCUT2D eigenvalue weighted by Gasteiger charge is 2.55. The number of hydrogen-bond donors (Lipinski definition) is 1. The number of nitrogens with zero attached hydrogens (tertiary/aromatic N) is 2. The molecule has 29 heavy (non-hydrogen) atoms. The number of hydrazone groups is 1. The number of amides is 1. The van der Waals surface area contributed by atoms with E-state index in [2.05, 4.69) is 15.7 Å². The molecule has 1 N–H and O–H groups in total. The molecule has 3 aliphatic heterocycles. The van der Waals surface area contributed by atoms with E-state index in [9.17, 15) is 4.79 Å². The predicted molar refractivity (Wildman–Crippen MR) is 104 cm³/mol. The van der Waals surface area contributed by atoms with Crippen LogP contribution in [0, 0.1) is 5.92 Å². The quantitative estimate of drug-likeness (QED) is 0.802. The fraction of sp³-hybridized carbons (Fsp3) is 0.286. The van der Waals surface area contributed by atoms with Gasteiger partial charge in [0, 0.05) is 11.1 Å². The summed E-state index contributed by atoms with van der Waals surface area (Å²) in [4.78, 5) is 18.1. The highest BCUT2D eigenvalue weighted by Crippen LogP contribution is 2.38. The smallest absolute Gasteiger partial charge is 0.271 e. The second kappa shape index (κ2) is 7.31. The van der Waals surface area contributed by atoms with Gasteiger partial charge in [0.05, 0.1) is 25.3 Å². The molecule has 0 unspecified atom stereocenters. The zero-order valence-electron chi connectivity index (χ0n) is 15.6. The molecule has 5 rings (SSSR count). The molecule has 148 valence electrons. The minimum atomic E-state index is -0.637. The Kier molecular flexibility index (Phi) is 4.49.